The number of rotatable bonds is 49. The Hall–Kier alpha value is -1.66. The fourth-order valence-electron chi connectivity index (χ4n) is 8.10. The summed E-state index contributed by atoms with van der Waals surface area (Å²) in [4.78, 5) is 24.5. The molecule has 2 atom stereocenters. The maximum absolute atomic E-state index is 12.4. The molecule has 3 N–H and O–H groups in total. The first-order valence-electron chi connectivity index (χ1n) is 26.6. The standard InChI is InChI=1S/C54H103NO5/c1-3-5-7-9-11-13-15-17-19-20-21-23-28-32-36-40-44-48-54(59)60-49-45-41-37-33-29-25-24-27-31-35-39-43-47-53(58)55-51(50-56)52(57)46-42-38-34-30-26-22-18-16-14-12-10-8-6-4-2/h17,19,25,29,51-52,56-57H,3-16,18,20-24,26-28,30-50H2,1-2H3,(H,55,58)/b19-17-,29-25-. The summed E-state index contributed by atoms with van der Waals surface area (Å²) in [7, 11) is 0. The van der Waals surface area contributed by atoms with Gasteiger partial charge in [-0.15, -0.1) is 0 Å². The molecule has 0 aliphatic heterocycles. The number of unbranched alkanes of at least 4 members (excludes halogenated alkanes) is 34. The van der Waals surface area contributed by atoms with E-state index in [0.29, 0.717) is 25.9 Å². The van der Waals surface area contributed by atoms with E-state index in [-0.39, 0.29) is 18.5 Å². The lowest BCUT2D eigenvalue weighted by Gasteiger charge is -2.22. The molecule has 60 heavy (non-hydrogen) atoms. The second-order valence-electron chi connectivity index (χ2n) is 18.2. The molecule has 354 valence electrons. The van der Waals surface area contributed by atoms with E-state index in [1.54, 1.807) is 0 Å². The zero-order valence-electron chi connectivity index (χ0n) is 40.2. The smallest absolute Gasteiger partial charge is 0.305 e. The van der Waals surface area contributed by atoms with Crippen molar-refractivity contribution in [1.82, 2.24) is 5.32 Å². The fourth-order valence-corrected chi connectivity index (χ4v) is 8.10. The van der Waals surface area contributed by atoms with Crippen LogP contribution in [0.15, 0.2) is 24.3 Å². The molecule has 1 amide bonds. The Kier molecular flexibility index (Phi) is 48.6. The number of allylic oxidation sites excluding steroid dienone is 4. The predicted molar refractivity (Wildman–Crippen MR) is 260 cm³/mol. The quantitative estimate of drug-likeness (QED) is 0.0322. The Labute approximate surface area is 373 Å². The Morgan fingerprint density at radius 1 is 0.450 bits per heavy atom. The van der Waals surface area contributed by atoms with Crippen LogP contribution in [0.2, 0.25) is 0 Å². The number of carbonyl (C=O) groups is 2. The lowest BCUT2D eigenvalue weighted by atomic mass is 10.0. The minimum Gasteiger partial charge on any atom is -0.466 e. The highest BCUT2D eigenvalue weighted by Crippen LogP contribution is 2.16. The Morgan fingerprint density at radius 3 is 1.18 bits per heavy atom. The summed E-state index contributed by atoms with van der Waals surface area (Å²) >= 11 is 0. The number of aliphatic hydroxyl groups is 2. The van der Waals surface area contributed by atoms with E-state index in [2.05, 4.69) is 43.5 Å². The summed E-state index contributed by atoms with van der Waals surface area (Å²) < 4.78 is 5.45. The van der Waals surface area contributed by atoms with Gasteiger partial charge in [-0.1, -0.05) is 212 Å². The van der Waals surface area contributed by atoms with Gasteiger partial charge in [-0.3, -0.25) is 9.59 Å². The van der Waals surface area contributed by atoms with E-state index < -0.39 is 12.1 Å². The van der Waals surface area contributed by atoms with Crippen LogP contribution < -0.4 is 5.32 Å². The number of amides is 1. The van der Waals surface area contributed by atoms with Crippen molar-refractivity contribution in [3.63, 3.8) is 0 Å². The van der Waals surface area contributed by atoms with Gasteiger partial charge in [0, 0.05) is 12.8 Å². The summed E-state index contributed by atoms with van der Waals surface area (Å²) in [5, 5.41) is 23.2. The summed E-state index contributed by atoms with van der Waals surface area (Å²) in [6.07, 6.45) is 58.6. The van der Waals surface area contributed by atoms with E-state index in [1.807, 2.05) is 0 Å². The average molecular weight is 846 g/mol. The van der Waals surface area contributed by atoms with Crippen molar-refractivity contribution in [1.29, 1.82) is 0 Å². The van der Waals surface area contributed by atoms with Gasteiger partial charge in [0.2, 0.25) is 5.91 Å². The molecular formula is C54H103NO5. The van der Waals surface area contributed by atoms with Crippen molar-refractivity contribution in [2.75, 3.05) is 13.2 Å². The predicted octanol–water partition coefficient (Wildman–Crippen LogP) is 15.9. The first-order chi connectivity index (χ1) is 29.5. The molecule has 0 bridgehead atoms. The molecule has 0 aromatic rings. The fraction of sp³-hybridized carbons (Fsp3) is 0.889. The molecule has 0 saturated carbocycles. The van der Waals surface area contributed by atoms with Crippen LogP contribution in [0.4, 0.5) is 0 Å². The largest absolute Gasteiger partial charge is 0.466 e. The third kappa shape index (κ3) is 45.9. The maximum Gasteiger partial charge on any atom is 0.305 e. The molecule has 2 unspecified atom stereocenters. The molecule has 0 radical (unpaired) electrons. The first kappa shape index (κ1) is 58.3. The van der Waals surface area contributed by atoms with Gasteiger partial charge in [0.25, 0.3) is 0 Å². The Balaban J connectivity index is 3.49. The monoisotopic (exact) mass is 846 g/mol. The van der Waals surface area contributed by atoms with E-state index in [0.717, 1.165) is 77.0 Å². The Morgan fingerprint density at radius 2 is 0.783 bits per heavy atom. The van der Waals surface area contributed by atoms with Crippen LogP contribution in [-0.2, 0) is 14.3 Å². The highest BCUT2D eigenvalue weighted by molar-refractivity contribution is 5.76. The maximum atomic E-state index is 12.4. The summed E-state index contributed by atoms with van der Waals surface area (Å²) in [6.45, 7) is 4.89. The molecule has 0 spiro atoms. The number of esters is 1. The Bertz CT molecular complexity index is 935. The SMILES string of the molecule is CCCCCCCC/C=C\CCCCCCCCCC(=O)OCCCCC/C=C\CCCCCCCC(=O)NC(CO)C(O)CCCCCCCCCCCCCCCC. The van der Waals surface area contributed by atoms with Gasteiger partial charge in [0.15, 0.2) is 0 Å². The molecule has 0 rings (SSSR count). The lowest BCUT2D eigenvalue weighted by Crippen LogP contribution is -2.45. The molecule has 0 aromatic carbocycles. The number of nitrogens with one attached hydrogen (secondary N) is 1. The van der Waals surface area contributed by atoms with Crippen LogP contribution in [0.3, 0.4) is 0 Å². The van der Waals surface area contributed by atoms with Gasteiger partial charge >= 0.3 is 5.97 Å². The summed E-state index contributed by atoms with van der Waals surface area (Å²) in [5.74, 6) is -0.0868. The molecule has 0 fully saturated rings. The van der Waals surface area contributed by atoms with Crippen molar-refractivity contribution >= 4 is 11.9 Å². The van der Waals surface area contributed by atoms with Crippen molar-refractivity contribution < 1.29 is 24.5 Å². The molecule has 0 aliphatic rings. The molecule has 6 heteroatoms. The summed E-state index contributed by atoms with van der Waals surface area (Å²) in [6, 6.07) is -0.559. The van der Waals surface area contributed by atoms with Crippen molar-refractivity contribution in [2.24, 2.45) is 0 Å². The van der Waals surface area contributed by atoms with Gasteiger partial charge < -0.3 is 20.3 Å². The number of aliphatic hydroxyl groups excluding tert-OH is 2. The van der Waals surface area contributed by atoms with Crippen molar-refractivity contribution in [2.45, 2.75) is 296 Å². The van der Waals surface area contributed by atoms with Crippen LogP contribution in [0.1, 0.15) is 284 Å². The van der Waals surface area contributed by atoms with E-state index in [9.17, 15) is 19.8 Å². The second-order valence-corrected chi connectivity index (χ2v) is 18.2. The van der Waals surface area contributed by atoms with E-state index in [4.69, 9.17) is 4.74 Å². The molecule has 0 aromatic heterocycles. The second kappa shape index (κ2) is 50.0. The van der Waals surface area contributed by atoms with E-state index >= 15 is 0 Å². The zero-order chi connectivity index (χ0) is 43.7. The average Bonchev–Trinajstić information content (AvgIpc) is 3.25. The van der Waals surface area contributed by atoms with Crippen molar-refractivity contribution in [3.05, 3.63) is 24.3 Å². The first-order valence-corrected chi connectivity index (χ1v) is 26.6. The van der Waals surface area contributed by atoms with Gasteiger partial charge in [-0.05, 0) is 83.5 Å². The van der Waals surface area contributed by atoms with Crippen LogP contribution in [-0.4, -0.2) is 47.4 Å². The highest BCUT2D eigenvalue weighted by Gasteiger charge is 2.20. The number of hydrogen-bond acceptors (Lipinski definition) is 5. The lowest BCUT2D eigenvalue weighted by molar-refractivity contribution is -0.143. The number of ether oxygens (including phenoxy) is 1. The van der Waals surface area contributed by atoms with Gasteiger partial charge in [-0.2, -0.15) is 0 Å². The third-order valence-corrected chi connectivity index (χ3v) is 12.2. The van der Waals surface area contributed by atoms with Gasteiger partial charge in [0.1, 0.15) is 0 Å². The number of hydrogen-bond donors (Lipinski definition) is 3. The summed E-state index contributed by atoms with van der Waals surface area (Å²) in [5.41, 5.74) is 0. The van der Waals surface area contributed by atoms with Crippen LogP contribution in [0, 0.1) is 0 Å². The third-order valence-electron chi connectivity index (χ3n) is 12.2. The number of carbonyl (C=O) groups excluding carboxylic acids is 2. The minimum atomic E-state index is -0.680. The topological polar surface area (TPSA) is 95.9 Å². The zero-order valence-corrected chi connectivity index (χ0v) is 40.2. The molecular weight excluding hydrogens is 743 g/mol. The highest BCUT2D eigenvalue weighted by atomic mass is 16.5. The van der Waals surface area contributed by atoms with Crippen molar-refractivity contribution in [3.8, 4) is 0 Å². The molecule has 0 aliphatic carbocycles. The van der Waals surface area contributed by atoms with Crippen LogP contribution in [0.5, 0.6) is 0 Å². The molecule has 0 saturated heterocycles. The van der Waals surface area contributed by atoms with Gasteiger partial charge in [0.05, 0.1) is 25.4 Å². The molecule has 0 heterocycles. The van der Waals surface area contributed by atoms with Gasteiger partial charge in [-0.25, -0.2) is 0 Å². The van der Waals surface area contributed by atoms with Crippen LogP contribution in [0.25, 0.3) is 0 Å². The normalized spacial score (nSPS) is 12.8. The molecule has 6 nitrogen and oxygen atoms in total. The van der Waals surface area contributed by atoms with Crippen LogP contribution >= 0.6 is 0 Å². The minimum absolute atomic E-state index is 0.0261. The van der Waals surface area contributed by atoms with E-state index in [1.165, 1.54) is 173 Å².